The molecule has 0 saturated carbocycles. The highest BCUT2D eigenvalue weighted by atomic mass is 19.3. The van der Waals surface area contributed by atoms with Crippen LogP contribution in [0.1, 0.15) is 16.1 Å². The van der Waals surface area contributed by atoms with Crippen molar-refractivity contribution in [2.24, 2.45) is 0 Å². The number of aromatic nitrogens is 1. The Kier molecular flexibility index (Phi) is 6.91. The maximum atomic E-state index is 11.7. The number of nitrogens with one attached hydrogen (secondary N) is 1. The quantitative estimate of drug-likeness (QED) is 0.571. The van der Waals surface area contributed by atoms with Crippen LogP contribution in [0.3, 0.4) is 0 Å². The van der Waals surface area contributed by atoms with Crippen LogP contribution in [-0.2, 0) is 16.0 Å². The molecule has 1 aromatic heterocycles. The molecule has 19 heavy (non-hydrogen) atoms. The van der Waals surface area contributed by atoms with Crippen molar-refractivity contribution in [3.05, 3.63) is 29.6 Å². The molecule has 0 aliphatic rings. The number of rotatable bonds is 8. The van der Waals surface area contributed by atoms with Crippen LogP contribution in [-0.4, -0.2) is 44.2 Å². The van der Waals surface area contributed by atoms with Gasteiger partial charge in [0.15, 0.2) is 0 Å². The summed E-state index contributed by atoms with van der Waals surface area (Å²) in [6.45, 7) is 0.588. The summed E-state index contributed by atoms with van der Waals surface area (Å²) in [7, 11) is 1.30. The van der Waals surface area contributed by atoms with E-state index in [1.54, 1.807) is 12.1 Å². The van der Waals surface area contributed by atoms with Gasteiger partial charge in [-0.2, -0.15) is 0 Å². The van der Waals surface area contributed by atoms with Crippen LogP contribution in [0.25, 0.3) is 0 Å². The summed E-state index contributed by atoms with van der Waals surface area (Å²) in [5.41, 5.74) is 1.12. The van der Waals surface area contributed by atoms with Gasteiger partial charge in [-0.15, -0.1) is 0 Å². The molecule has 0 aromatic carbocycles. The third-order valence-corrected chi connectivity index (χ3v) is 2.22. The summed E-state index contributed by atoms with van der Waals surface area (Å²) in [4.78, 5) is 15.2. The first-order valence-electron chi connectivity index (χ1n) is 5.73. The standard InChI is InChI=1S/C12H16F2N2O3/c1-18-12(17)9-2-3-10(16-6-9)7-15-4-5-19-8-11(13)14/h2-3,6,11,15H,4-5,7-8H2,1H3. The van der Waals surface area contributed by atoms with Crippen LogP contribution in [0.4, 0.5) is 8.78 Å². The third-order valence-electron chi connectivity index (χ3n) is 2.22. The minimum absolute atomic E-state index is 0.213. The van der Waals surface area contributed by atoms with E-state index in [1.807, 2.05) is 0 Å². The van der Waals surface area contributed by atoms with Gasteiger partial charge < -0.3 is 14.8 Å². The summed E-state index contributed by atoms with van der Waals surface area (Å²) >= 11 is 0. The van der Waals surface area contributed by atoms with Crippen LogP contribution in [0.5, 0.6) is 0 Å². The number of hydrogen-bond acceptors (Lipinski definition) is 5. The Morgan fingerprint density at radius 3 is 2.84 bits per heavy atom. The summed E-state index contributed by atoms with van der Waals surface area (Å²) in [5, 5.41) is 2.99. The lowest BCUT2D eigenvalue weighted by Gasteiger charge is -2.06. The predicted octanol–water partition coefficient (Wildman–Crippen LogP) is 1.24. The number of hydrogen-bond donors (Lipinski definition) is 1. The van der Waals surface area contributed by atoms with Gasteiger partial charge in [-0.3, -0.25) is 4.98 Å². The van der Waals surface area contributed by atoms with Crippen molar-refractivity contribution in [1.29, 1.82) is 0 Å². The minimum Gasteiger partial charge on any atom is -0.465 e. The molecular weight excluding hydrogens is 258 g/mol. The van der Waals surface area contributed by atoms with E-state index in [9.17, 15) is 13.6 Å². The highest BCUT2D eigenvalue weighted by Crippen LogP contribution is 2.01. The average molecular weight is 274 g/mol. The molecule has 0 radical (unpaired) electrons. The number of ether oxygens (including phenoxy) is 2. The molecule has 0 unspecified atom stereocenters. The molecule has 1 N–H and O–H groups in total. The molecule has 5 nitrogen and oxygen atoms in total. The van der Waals surface area contributed by atoms with Gasteiger partial charge in [0, 0.05) is 19.3 Å². The normalized spacial score (nSPS) is 10.7. The van der Waals surface area contributed by atoms with Gasteiger partial charge in [0.25, 0.3) is 6.43 Å². The van der Waals surface area contributed by atoms with Crippen LogP contribution in [0.15, 0.2) is 18.3 Å². The molecule has 0 spiro atoms. The van der Waals surface area contributed by atoms with E-state index in [0.29, 0.717) is 18.7 Å². The Labute approximate surface area is 109 Å². The Bertz CT molecular complexity index is 385. The SMILES string of the molecule is COC(=O)c1ccc(CNCCOCC(F)F)nc1. The lowest BCUT2D eigenvalue weighted by molar-refractivity contribution is 0.0187. The Hall–Kier alpha value is -1.60. The maximum Gasteiger partial charge on any atom is 0.339 e. The van der Waals surface area contributed by atoms with Gasteiger partial charge in [0.2, 0.25) is 0 Å². The number of carbonyl (C=O) groups is 1. The van der Waals surface area contributed by atoms with E-state index >= 15 is 0 Å². The molecule has 1 heterocycles. The number of nitrogens with zero attached hydrogens (tertiary/aromatic N) is 1. The van der Waals surface area contributed by atoms with Crippen molar-refractivity contribution in [3.8, 4) is 0 Å². The van der Waals surface area contributed by atoms with Gasteiger partial charge in [-0.05, 0) is 12.1 Å². The molecule has 0 fully saturated rings. The third kappa shape index (κ3) is 6.21. The lowest BCUT2D eigenvalue weighted by atomic mass is 10.2. The summed E-state index contributed by atoms with van der Waals surface area (Å²) in [6, 6.07) is 3.31. The topological polar surface area (TPSA) is 60.5 Å². The second-order valence-electron chi connectivity index (χ2n) is 3.67. The molecule has 1 aromatic rings. The zero-order chi connectivity index (χ0) is 14.1. The molecule has 1 rings (SSSR count). The average Bonchev–Trinajstić information content (AvgIpc) is 2.42. The Morgan fingerprint density at radius 1 is 1.47 bits per heavy atom. The van der Waals surface area contributed by atoms with Gasteiger partial charge in [-0.25, -0.2) is 13.6 Å². The number of alkyl halides is 2. The van der Waals surface area contributed by atoms with Gasteiger partial charge in [0.05, 0.1) is 25.0 Å². The van der Waals surface area contributed by atoms with Crippen LogP contribution >= 0.6 is 0 Å². The molecule has 0 bridgehead atoms. The molecule has 0 amide bonds. The van der Waals surface area contributed by atoms with E-state index in [2.05, 4.69) is 15.0 Å². The van der Waals surface area contributed by atoms with Crippen molar-refractivity contribution in [1.82, 2.24) is 10.3 Å². The molecule has 0 atom stereocenters. The number of carbonyl (C=O) groups excluding carboxylic acids is 1. The number of halogens is 2. The molecule has 7 heteroatoms. The van der Waals surface area contributed by atoms with Crippen LogP contribution in [0, 0.1) is 0 Å². The monoisotopic (exact) mass is 274 g/mol. The van der Waals surface area contributed by atoms with Crippen molar-refractivity contribution >= 4 is 5.97 Å². The van der Waals surface area contributed by atoms with E-state index in [1.165, 1.54) is 13.3 Å². The molecule has 0 aliphatic carbocycles. The molecule has 106 valence electrons. The van der Waals surface area contributed by atoms with Gasteiger partial charge in [-0.1, -0.05) is 0 Å². The summed E-state index contributed by atoms with van der Waals surface area (Å²) in [5.74, 6) is -0.438. The fourth-order valence-corrected chi connectivity index (χ4v) is 1.30. The lowest BCUT2D eigenvalue weighted by Crippen LogP contribution is -2.21. The summed E-state index contributed by atoms with van der Waals surface area (Å²) in [6.07, 6.45) is -1.01. The molecular formula is C12H16F2N2O3. The largest absolute Gasteiger partial charge is 0.465 e. The zero-order valence-corrected chi connectivity index (χ0v) is 10.6. The highest BCUT2D eigenvalue weighted by molar-refractivity contribution is 5.88. The van der Waals surface area contributed by atoms with E-state index in [-0.39, 0.29) is 6.61 Å². The molecule has 0 saturated heterocycles. The first-order valence-corrected chi connectivity index (χ1v) is 5.73. The first kappa shape index (κ1) is 15.5. The van der Waals surface area contributed by atoms with Crippen molar-refractivity contribution in [2.75, 3.05) is 26.9 Å². The molecule has 0 aliphatic heterocycles. The Balaban J connectivity index is 2.21. The number of pyridine rings is 1. The number of methoxy groups -OCH3 is 1. The fraction of sp³-hybridized carbons (Fsp3) is 0.500. The van der Waals surface area contributed by atoms with E-state index in [0.717, 1.165) is 5.69 Å². The Morgan fingerprint density at radius 2 is 2.26 bits per heavy atom. The van der Waals surface area contributed by atoms with Crippen molar-refractivity contribution in [3.63, 3.8) is 0 Å². The second-order valence-corrected chi connectivity index (χ2v) is 3.67. The fourth-order valence-electron chi connectivity index (χ4n) is 1.30. The van der Waals surface area contributed by atoms with Crippen LogP contribution < -0.4 is 5.32 Å². The second kappa shape index (κ2) is 8.49. The highest BCUT2D eigenvalue weighted by Gasteiger charge is 2.05. The number of esters is 1. The van der Waals surface area contributed by atoms with Gasteiger partial charge >= 0.3 is 5.97 Å². The van der Waals surface area contributed by atoms with E-state index in [4.69, 9.17) is 4.74 Å². The smallest absolute Gasteiger partial charge is 0.339 e. The first-order chi connectivity index (χ1) is 9.13. The van der Waals surface area contributed by atoms with Crippen LogP contribution in [0.2, 0.25) is 0 Å². The maximum absolute atomic E-state index is 11.7. The van der Waals surface area contributed by atoms with Crippen molar-refractivity contribution in [2.45, 2.75) is 13.0 Å². The summed E-state index contributed by atoms with van der Waals surface area (Å²) < 4.78 is 32.7. The predicted molar refractivity (Wildman–Crippen MR) is 64.1 cm³/mol. The minimum atomic E-state index is -2.44. The van der Waals surface area contributed by atoms with E-state index < -0.39 is 19.0 Å². The van der Waals surface area contributed by atoms with Crippen molar-refractivity contribution < 1.29 is 23.0 Å². The van der Waals surface area contributed by atoms with Gasteiger partial charge in [0.1, 0.15) is 6.61 Å². The zero-order valence-electron chi connectivity index (χ0n) is 10.6.